The molecule has 6 nitrogen and oxygen atoms in total. The molecule has 0 spiro atoms. The maximum atomic E-state index is 13.0. The van der Waals surface area contributed by atoms with E-state index in [9.17, 15) is 4.39 Å². The number of hydrogen-bond donors (Lipinski definition) is 2. The van der Waals surface area contributed by atoms with Crippen LogP contribution in [-0.2, 0) is 6.54 Å². The first-order chi connectivity index (χ1) is 13.1. The number of pyridine rings is 1. The topological polar surface area (TPSA) is 81.8 Å². The van der Waals surface area contributed by atoms with Crippen LogP contribution in [0.4, 0.5) is 10.1 Å². The minimum atomic E-state index is -0.322. The highest BCUT2D eigenvalue weighted by Gasteiger charge is 2.02. The second-order valence-corrected chi connectivity index (χ2v) is 5.62. The number of anilines is 1. The van der Waals surface area contributed by atoms with Gasteiger partial charge in [-0.05, 0) is 48.0 Å². The van der Waals surface area contributed by atoms with Gasteiger partial charge in [-0.1, -0.05) is 6.07 Å². The highest BCUT2D eigenvalue weighted by atomic mass is 19.1. The number of aromatic nitrogens is 1. The van der Waals surface area contributed by atoms with Crippen molar-refractivity contribution in [3.8, 4) is 17.4 Å². The zero-order chi connectivity index (χ0) is 19.1. The molecule has 3 rings (SSSR count). The molecule has 1 heterocycles. The van der Waals surface area contributed by atoms with Crippen molar-refractivity contribution in [1.82, 2.24) is 4.98 Å². The lowest BCUT2D eigenvalue weighted by Gasteiger charge is -2.08. The zero-order valence-electron chi connectivity index (χ0n) is 14.7. The van der Waals surface area contributed by atoms with Gasteiger partial charge in [-0.25, -0.2) is 14.4 Å². The number of ether oxygens (including phenoxy) is 2. The van der Waals surface area contributed by atoms with E-state index in [1.165, 1.54) is 24.3 Å². The molecule has 0 saturated carbocycles. The molecular weight excluding hydrogens is 347 g/mol. The number of halogens is 1. The summed E-state index contributed by atoms with van der Waals surface area (Å²) in [6.07, 6.45) is 1.62. The number of aliphatic imine (C=N–C) groups is 1. The fourth-order valence-electron chi connectivity index (χ4n) is 2.29. The van der Waals surface area contributed by atoms with E-state index in [2.05, 4.69) is 15.3 Å². The molecule has 2 aromatic carbocycles. The highest BCUT2D eigenvalue weighted by Crippen LogP contribution is 2.20. The molecule has 7 heteroatoms. The molecule has 3 N–H and O–H groups in total. The summed E-state index contributed by atoms with van der Waals surface area (Å²) in [7, 11) is 1.60. The lowest BCUT2D eigenvalue weighted by Crippen LogP contribution is -2.22. The molecule has 1 aromatic heterocycles. The highest BCUT2D eigenvalue weighted by molar-refractivity contribution is 5.92. The van der Waals surface area contributed by atoms with E-state index in [1.807, 2.05) is 30.3 Å². The first-order valence-corrected chi connectivity index (χ1v) is 8.22. The van der Waals surface area contributed by atoms with Gasteiger partial charge >= 0.3 is 0 Å². The SMILES string of the molecule is COc1cccc(NC(N)=NCc2ccnc(Oc3ccc(F)cc3)c2)c1. The first-order valence-electron chi connectivity index (χ1n) is 8.22. The minimum absolute atomic E-state index is 0.279. The lowest BCUT2D eigenvalue weighted by molar-refractivity contribution is 0.415. The van der Waals surface area contributed by atoms with Crippen LogP contribution in [0.5, 0.6) is 17.4 Å². The Labute approximate surface area is 156 Å². The molecule has 0 atom stereocenters. The van der Waals surface area contributed by atoms with Crippen molar-refractivity contribution in [3.05, 3.63) is 78.2 Å². The molecule has 0 aliphatic rings. The number of nitrogens with two attached hydrogens (primary N) is 1. The van der Waals surface area contributed by atoms with Crippen LogP contribution in [0.25, 0.3) is 0 Å². The number of benzene rings is 2. The summed E-state index contributed by atoms with van der Waals surface area (Å²) in [5.41, 5.74) is 7.59. The van der Waals surface area contributed by atoms with Crippen LogP contribution in [0.2, 0.25) is 0 Å². The van der Waals surface area contributed by atoms with E-state index < -0.39 is 0 Å². The molecule has 0 unspecified atom stereocenters. The van der Waals surface area contributed by atoms with E-state index in [1.54, 1.807) is 19.4 Å². The van der Waals surface area contributed by atoms with Crippen molar-refractivity contribution in [2.45, 2.75) is 6.54 Å². The van der Waals surface area contributed by atoms with Gasteiger partial charge in [0.05, 0.1) is 13.7 Å². The third-order valence-corrected chi connectivity index (χ3v) is 3.61. The zero-order valence-corrected chi connectivity index (χ0v) is 14.7. The number of rotatable bonds is 6. The standard InChI is InChI=1S/C20H19FN4O2/c1-26-18-4-2-3-16(12-18)25-20(22)24-13-14-9-10-23-19(11-14)27-17-7-5-15(21)6-8-17/h2-12H,13H2,1H3,(H3,22,24,25). The summed E-state index contributed by atoms with van der Waals surface area (Å²) in [6.45, 7) is 0.352. The van der Waals surface area contributed by atoms with E-state index in [0.29, 0.717) is 18.2 Å². The summed E-state index contributed by atoms with van der Waals surface area (Å²) in [5, 5.41) is 3.01. The van der Waals surface area contributed by atoms with Crippen LogP contribution in [-0.4, -0.2) is 18.1 Å². The molecular formula is C20H19FN4O2. The Balaban J connectivity index is 1.63. The lowest BCUT2D eigenvalue weighted by atomic mass is 10.2. The van der Waals surface area contributed by atoms with Gasteiger partial charge in [-0.2, -0.15) is 0 Å². The van der Waals surface area contributed by atoms with Gasteiger partial charge in [0.15, 0.2) is 5.96 Å². The Hall–Kier alpha value is -3.61. The van der Waals surface area contributed by atoms with Gasteiger partial charge in [-0.15, -0.1) is 0 Å². The molecule has 3 aromatic rings. The molecule has 0 radical (unpaired) electrons. The Bertz CT molecular complexity index is 929. The van der Waals surface area contributed by atoms with E-state index in [-0.39, 0.29) is 11.8 Å². The molecule has 0 fully saturated rings. The van der Waals surface area contributed by atoms with Crippen molar-refractivity contribution >= 4 is 11.6 Å². The summed E-state index contributed by atoms with van der Waals surface area (Å²) in [4.78, 5) is 8.46. The number of nitrogens with one attached hydrogen (secondary N) is 1. The molecule has 0 bridgehead atoms. The molecule has 0 aliphatic heterocycles. The van der Waals surface area contributed by atoms with Crippen molar-refractivity contribution in [1.29, 1.82) is 0 Å². The van der Waals surface area contributed by atoms with Gasteiger partial charge in [-0.3, -0.25) is 0 Å². The number of hydrogen-bond acceptors (Lipinski definition) is 4. The largest absolute Gasteiger partial charge is 0.497 e. The van der Waals surface area contributed by atoms with Crippen LogP contribution in [0, 0.1) is 5.82 Å². The second-order valence-electron chi connectivity index (χ2n) is 5.62. The normalized spacial score (nSPS) is 11.1. The van der Waals surface area contributed by atoms with Crippen LogP contribution < -0.4 is 20.5 Å². The van der Waals surface area contributed by atoms with Crippen molar-refractivity contribution in [2.24, 2.45) is 10.7 Å². The first kappa shape index (κ1) is 18.2. The Morgan fingerprint density at radius 1 is 1.11 bits per heavy atom. The average Bonchev–Trinajstić information content (AvgIpc) is 2.69. The third kappa shape index (κ3) is 5.43. The summed E-state index contributed by atoms with van der Waals surface area (Å²) < 4.78 is 23.7. The maximum Gasteiger partial charge on any atom is 0.219 e. The van der Waals surface area contributed by atoms with Gasteiger partial charge < -0.3 is 20.5 Å². The Kier molecular flexibility index (Phi) is 5.84. The summed E-state index contributed by atoms with van der Waals surface area (Å²) in [5.74, 6) is 1.58. The minimum Gasteiger partial charge on any atom is -0.497 e. The molecule has 27 heavy (non-hydrogen) atoms. The number of methoxy groups -OCH3 is 1. The Morgan fingerprint density at radius 2 is 1.93 bits per heavy atom. The average molecular weight is 366 g/mol. The smallest absolute Gasteiger partial charge is 0.219 e. The van der Waals surface area contributed by atoms with E-state index in [0.717, 1.165) is 17.0 Å². The van der Waals surface area contributed by atoms with Gasteiger partial charge in [0.1, 0.15) is 17.3 Å². The Morgan fingerprint density at radius 3 is 2.70 bits per heavy atom. The van der Waals surface area contributed by atoms with Crippen LogP contribution in [0.15, 0.2) is 71.9 Å². The van der Waals surface area contributed by atoms with Crippen molar-refractivity contribution in [2.75, 3.05) is 12.4 Å². The van der Waals surface area contributed by atoms with Gasteiger partial charge in [0.25, 0.3) is 0 Å². The quantitative estimate of drug-likeness (QED) is 0.510. The predicted octanol–water partition coefficient (Wildman–Crippen LogP) is 3.95. The number of guanidine groups is 1. The molecule has 0 saturated heterocycles. The van der Waals surface area contributed by atoms with E-state index in [4.69, 9.17) is 15.2 Å². The second kappa shape index (κ2) is 8.66. The monoisotopic (exact) mass is 366 g/mol. The molecule has 0 amide bonds. The predicted molar refractivity (Wildman–Crippen MR) is 103 cm³/mol. The van der Waals surface area contributed by atoms with Crippen molar-refractivity contribution in [3.63, 3.8) is 0 Å². The van der Waals surface area contributed by atoms with Gasteiger partial charge in [0.2, 0.25) is 5.88 Å². The molecule has 138 valence electrons. The van der Waals surface area contributed by atoms with Crippen LogP contribution >= 0.6 is 0 Å². The summed E-state index contributed by atoms with van der Waals surface area (Å²) in [6, 6.07) is 16.7. The van der Waals surface area contributed by atoms with E-state index >= 15 is 0 Å². The van der Waals surface area contributed by atoms with Gasteiger partial charge in [0, 0.05) is 24.0 Å². The fraction of sp³-hybridized carbons (Fsp3) is 0.100. The van der Waals surface area contributed by atoms with Crippen LogP contribution in [0.3, 0.4) is 0 Å². The molecule has 0 aliphatic carbocycles. The maximum absolute atomic E-state index is 13.0. The number of nitrogens with zero attached hydrogens (tertiary/aromatic N) is 2. The third-order valence-electron chi connectivity index (χ3n) is 3.61. The fourth-order valence-corrected chi connectivity index (χ4v) is 2.29. The van der Waals surface area contributed by atoms with Crippen molar-refractivity contribution < 1.29 is 13.9 Å². The van der Waals surface area contributed by atoms with Crippen LogP contribution in [0.1, 0.15) is 5.56 Å². The summed E-state index contributed by atoms with van der Waals surface area (Å²) >= 11 is 0.